The maximum Gasteiger partial charge on any atom is 0.411 e. The molecule has 0 bridgehead atoms. The Bertz CT molecular complexity index is 462. The molecule has 6 nitrogen and oxygen atoms in total. The van der Waals surface area contributed by atoms with Crippen molar-refractivity contribution in [2.24, 2.45) is 0 Å². The SMILES string of the molecule is COCCNCc1cc(=O)[nH]c(COCC(F)(F)F)n1. The molecule has 1 aromatic heterocycles. The number of aromatic nitrogens is 2. The van der Waals surface area contributed by atoms with Gasteiger partial charge in [0.15, 0.2) is 0 Å². The predicted molar refractivity (Wildman–Crippen MR) is 64.2 cm³/mol. The average Bonchev–Trinajstić information content (AvgIpc) is 2.32. The Labute approximate surface area is 113 Å². The van der Waals surface area contributed by atoms with Crippen molar-refractivity contribution in [2.45, 2.75) is 19.3 Å². The number of nitrogens with zero attached hydrogens (tertiary/aromatic N) is 1. The van der Waals surface area contributed by atoms with E-state index in [-0.39, 0.29) is 5.82 Å². The van der Waals surface area contributed by atoms with Crippen LogP contribution in [-0.4, -0.2) is 43.0 Å². The summed E-state index contributed by atoms with van der Waals surface area (Å²) in [5.74, 6) is 0.0605. The monoisotopic (exact) mass is 295 g/mol. The first kappa shape index (κ1) is 16.6. The lowest BCUT2D eigenvalue weighted by molar-refractivity contribution is -0.177. The maximum atomic E-state index is 11.9. The van der Waals surface area contributed by atoms with Crippen LogP contribution < -0.4 is 10.9 Å². The lowest BCUT2D eigenvalue weighted by atomic mass is 10.4. The number of ether oxygens (including phenoxy) is 2. The third kappa shape index (κ3) is 7.22. The van der Waals surface area contributed by atoms with E-state index in [0.717, 1.165) is 0 Å². The second-order valence-corrected chi connectivity index (χ2v) is 3.96. The van der Waals surface area contributed by atoms with Crippen molar-refractivity contribution in [3.63, 3.8) is 0 Å². The Kier molecular flexibility index (Phi) is 6.62. The summed E-state index contributed by atoms with van der Waals surface area (Å²) < 4.78 is 45.0. The first-order valence-corrected chi connectivity index (χ1v) is 5.84. The molecule has 0 aliphatic carbocycles. The number of nitrogens with one attached hydrogen (secondary N) is 2. The zero-order chi connectivity index (χ0) is 15.0. The lowest BCUT2D eigenvalue weighted by Crippen LogP contribution is -2.23. The molecule has 0 aliphatic heterocycles. The van der Waals surface area contributed by atoms with Gasteiger partial charge < -0.3 is 19.8 Å². The van der Waals surface area contributed by atoms with Gasteiger partial charge in [0.1, 0.15) is 19.0 Å². The summed E-state index contributed by atoms with van der Waals surface area (Å²) >= 11 is 0. The topological polar surface area (TPSA) is 76.2 Å². The van der Waals surface area contributed by atoms with Crippen molar-refractivity contribution < 1.29 is 22.6 Å². The lowest BCUT2D eigenvalue weighted by Gasteiger charge is -2.08. The summed E-state index contributed by atoms with van der Waals surface area (Å²) in [6, 6.07) is 1.27. The molecule has 1 heterocycles. The van der Waals surface area contributed by atoms with Gasteiger partial charge in [0.2, 0.25) is 0 Å². The second-order valence-electron chi connectivity index (χ2n) is 3.96. The molecule has 9 heteroatoms. The highest BCUT2D eigenvalue weighted by molar-refractivity contribution is 5.02. The second kappa shape index (κ2) is 7.98. The Morgan fingerprint density at radius 2 is 2.20 bits per heavy atom. The minimum atomic E-state index is -4.40. The Hall–Kier alpha value is -1.45. The normalized spacial score (nSPS) is 11.8. The first-order chi connectivity index (χ1) is 9.40. The number of halogens is 3. The van der Waals surface area contributed by atoms with E-state index in [0.29, 0.717) is 25.4 Å². The van der Waals surface area contributed by atoms with E-state index in [4.69, 9.17) is 4.74 Å². The molecule has 1 aromatic rings. The highest BCUT2D eigenvalue weighted by atomic mass is 19.4. The van der Waals surface area contributed by atoms with Gasteiger partial charge in [-0.25, -0.2) is 4.98 Å². The van der Waals surface area contributed by atoms with Crippen LogP contribution in [0.2, 0.25) is 0 Å². The van der Waals surface area contributed by atoms with Gasteiger partial charge in [-0.1, -0.05) is 0 Å². The molecule has 0 aromatic carbocycles. The number of hydrogen-bond acceptors (Lipinski definition) is 5. The van der Waals surface area contributed by atoms with E-state index in [9.17, 15) is 18.0 Å². The van der Waals surface area contributed by atoms with Crippen molar-refractivity contribution in [1.82, 2.24) is 15.3 Å². The van der Waals surface area contributed by atoms with Gasteiger partial charge in [-0.3, -0.25) is 4.79 Å². The standard InChI is InChI=1S/C11H16F3N3O3/c1-19-3-2-15-5-8-4-10(18)17-9(16-8)6-20-7-11(12,13)14/h4,15H,2-3,5-7H2,1H3,(H,16,17,18). The third-order valence-corrected chi connectivity index (χ3v) is 2.14. The fourth-order valence-electron chi connectivity index (χ4n) is 1.38. The number of aromatic amines is 1. The molecule has 0 radical (unpaired) electrons. The van der Waals surface area contributed by atoms with Crippen molar-refractivity contribution in [3.8, 4) is 0 Å². The molecule has 0 saturated carbocycles. The smallest absolute Gasteiger partial charge is 0.383 e. The van der Waals surface area contributed by atoms with Crippen LogP contribution in [0.15, 0.2) is 10.9 Å². The Morgan fingerprint density at radius 3 is 2.85 bits per heavy atom. The average molecular weight is 295 g/mol. The van der Waals surface area contributed by atoms with Crippen LogP contribution in [0.1, 0.15) is 11.5 Å². The molecule has 0 fully saturated rings. The fourth-order valence-corrected chi connectivity index (χ4v) is 1.38. The van der Waals surface area contributed by atoms with Crippen LogP contribution in [0.5, 0.6) is 0 Å². The maximum absolute atomic E-state index is 11.9. The predicted octanol–water partition coefficient (Wildman–Crippen LogP) is 0.585. The van der Waals surface area contributed by atoms with E-state index in [1.807, 2.05) is 0 Å². The zero-order valence-electron chi connectivity index (χ0n) is 10.9. The number of hydrogen-bond donors (Lipinski definition) is 2. The molecule has 20 heavy (non-hydrogen) atoms. The highest BCUT2D eigenvalue weighted by Crippen LogP contribution is 2.14. The van der Waals surface area contributed by atoms with Gasteiger partial charge >= 0.3 is 6.18 Å². The third-order valence-electron chi connectivity index (χ3n) is 2.14. The molecule has 0 spiro atoms. The van der Waals surface area contributed by atoms with Crippen LogP contribution in [0.3, 0.4) is 0 Å². The minimum absolute atomic E-state index is 0.0605. The molecule has 2 N–H and O–H groups in total. The Balaban J connectivity index is 2.51. The zero-order valence-corrected chi connectivity index (χ0v) is 10.9. The van der Waals surface area contributed by atoms with Gasteiger partial charge in [-0.2, -0.15) is 13.2 Å². The van der Waals surface area contributed by atoms with Gasteiger partial charge in [0.25, 0.3) is 5.56 Å². The molecule has 0 atom stereocenters. The summed E-state index contributed by atoms with van der Waals surface area (Å²) in [6.45, 7) is -0.386. The van der Waals surface area contributed by atoms with Crippen molar-refractivity contribution in [1.29, 1.82) is 0 Å². The van der Waals surface area contributed by atoms with E-state index >= 15 is 0 Å². The summed E-state index contributed by atoms with van der Waals surface area (Å²) in [5, 5.41) is 2.98. The molecule has 114 valence electrons. The quantitative estimate of drug-likeness (QED) is 0.686. The first-order valence-electron chi connectivity index (χ1n) is 5.84. The van der Waals surface area contributed by atoms with Gasteiger partial charge in [-0.15, -0.1) is 0 Å². The summed E-state index contributed by atoms with van der Waals surface area (Å²) in [4.78, 5) is 17.7. The number of alkyl halides is 3. The van der Waals surface area contributed by atoms with Gasteiger partial charge in [-0.05, 0) is 0 Å². The van der Waals surface area contributed by atoms with Crippen LogP contribution in [0.25, 0.3) is 0 Å². The summed E-state index contributed by atoms with van der Waals surface area (Å²) in [6.07, 6.45) is -4.40. The van der Waals surface area contributed by atoms with Crippen LogP contribution in [0.4, 0.5) is 13.2 Å². The van der Waals surface area contributed by atoms with Crippen LogP contribution >= 0.6 is 0 Å². The number of H-pyrrole nitrogens is 1. The largest absolute Gasteiger partial charge is 0.411 e. The highest BCUT2D eigenvalue weighted by Gasteiger charge is 2.27. The van der Waals surface area contributed by atoms with Crippen molar-refractivity contribution in [3.05, 3.63) is 27.9 Å². The van der Waals surface area contributed by atoms with Gasteiger partial charge in [0.05, 0.1) is 12.3 Å². The van der Waals surface area contributed by atoms with Crippen molar-refractivity contribution >= 4 is 0 Å². The fraction of sp³-hybridized carbons (Fsp3) is 0.636. The number of rotatable bonds is 8. The van der Waals surface area contributed by atoms with E-state index < -0.39 is 24.9 Å². The summed E-state index contributed by atoms with van der Waals surface area (Å²) in [7, 11) is 1.56. The molecule has 0 aliphatic rings. The van der Waals surface area contributed by atoms with Crippen LogP contribution in [0, 0.1) is 0 Å². The molecule has 0 saturated heterocycles. The Morgan fingerprint density at radius 1 is 1.45 bits per heavy atom. The number of methoxy groups -OCH3 is 1. The molecular weight excluding hydrogens is 279 g/mol. The van der Waals surface area contributed by atoms with Crippen molar-refractivity contribution in [2.75, 3.05) is 26.9 Å². The molecule has 1 rings (SSSR count). The van der Waals surface area contributed by atoms with Gasteiger partial charge in [0, 0.05) is 26.3 Å². The van der Waals surface area contributed by atoms with Crippen LogP contribution in [-0.2, 0) is 22.6 Å². The van der Waals surface area contributed by atoms with E-state index in [1.165, 1.54) is 6.07 Å². The molecule has 0 unspecified atom stereocenters. The molecule has 0 amide bonds. The van der Waals surface area contributed by atoms with E-state index in [2.05, 4.69) is 20.0 Å². The summed E-state index contributed by atoms with van der Waals surface area (Å²) in [5.41, 5.74) is -0.00962. The molecular formula is C11H16F3N3O3. The minimum Gasteiger partial charge on any atom is -0.383 e. The van der Waals surface area contributed by atoms with E-state index in [1.54, 1.807) is 7.11 Å².